The lowest BCUT2D eigenvalue weighted by Crippen LogP contribution is -2.51. The first-order valence-electron chi connectivity index (χ1n) is 5.27. The molecule has 0 spiro atoms. The number of piperidine rings is 1. The fourth-order valence-corrected chi connectivity index (χ4v) is 1.95. The molecule has 0 aromatic carbocycles. The molecule has 1 aliphatic rings. The minimum absolute atomic E-state index is 0.0142. The zero-order chi connectivity index (χ0) is 10.4. The van der Waals surface area contributed by atoms with Gasteiger partial charge < -0.3 is 15.4 Å². The summed E-state index contributed by atoms with van der Waals surface area (Å²) in [5.41, 5.74) is 0. The third kappa shape index (κ3) is 3.27. The normalized spacial score (nSPS) is 27.3. The monoisotopic (exact) mass is 200 g/mol. The molecular formula is C10H20N2O2. The fraction of sp³-hybridized carbons (Fsp3) is 0.900. The molecule has 1 fully saturated rings. The Morgan fingerprint density at radius 1 is 1.64 bits per heavy atom. The molecule has 2 atom stereocenters. The smallest absolute Gasteiger partial charge is 0.246 e. The maximum Gasteiger partial charge on any atom is 0.246 e. The van der Waals surface area contributed by atoms with E-state index in [1.54, 1.807) is 0 Å². The van der Waals surface area contributed by atoms with Crippen molar-refractivity contribution in [2.45, 2.75) is 25.8 Å². The van der Waals surface area contributed by atoms with Crippen molar-refractivity contribution in [1.82, 2.24) is 10.6 Å². The first kappa shape index (κ1) is 11.5. The highest BCUT2D eigenvalue weighted by Crippen LogP contribution is 2.15. The Morgan fingerprint density at radius 2 is 2.43 bits per heavy atom. The van der Waals surface area contributed by atoms with Crippen LogP contribution in [0.1, 0.15) is 19.8 Å². The molecule has 1 rings (SSSR count). The van der Waals surface area contributed by atoms with Crippen LogP contribution in [0.5, 0.6) is 0 Å². The predicted molar refractivity (Wildman–Crippen MR) is 55.1 cm³/mol. The largest absolute Gasteiger partial charge is 0.375 e. The molecule has 1 amide bonds. The van der Waals surface area contributed by atoms with Crippen molar-refractivity contribution in [3.05, 3.63) is 0 Å². The SMILES string of the molecule is CCC1CCNCC1NC(=O)COC. The molecule has 0 radical (unpaired) electrons. The number of carbonyl (C=O) groups excluding carboxylic acids is 1. The molecule has 1 saturated heterocycles. The second-order valence-corrected chi connectivity index (χ2v) is 3.77. The molecular weight excluding hydrogens is 180 g/mol. The molecule has 14 heavy (non-hydrogen) atoms. The van der Waals surface area contributed by atoms with Crippen LogP contribution in [0.3, 0.4) is 0 Å². The molecule has 4 heteroatoms. The molecule has 0 bridgehead atoms. The van der Waals surface area contributed by atoms with Gasteiger partial charge in [0.2, 0.25) is 5.91 Å². The average molecular weight is 200 g/mol. The molecule has 0 aromatic rings. The van der Waals surface area contributed by atoms with Gasteiger partial charge in [-0.15, -0.1) is 0 Å². The number of ether oxygens (including phenoxy) is 1. The van der Waals surface area contributed by atoms with Crippen LogP contribution in [0.2, 0.25) is 0 Å². The summed E-state index contributed by atoms with van der Waals surface area (Å²) in [6, 6.07) is 0.274. The summed E-state index contributed by atoms with van der Waals surface area (Å²) in [7, 11) is 1.54. The maximum absolute atomic E-state index is 11.3. The van der Waals surface area contributed by atoms with Gasteiger partial charge in [0.15, 0.2) is 0 Å². The quantitative estimate of drug-likeness (QED) is 0.678. The number of nitrogens with one attached hydrogen (secondary N) is 2. The molecule has 2 N–H and O–H groups in total. The van der Waals surface area contributed by atoms with Crippen LogP contribution in [-0.2, 0) is 9.53 Å². The predicted octanol–water partition coefficient (Wildman–Crippen LogP) is 0.137. The number of hydrogen-bond acceptors (Lipinski definition) is 3. The molecule has 0 aliphatic carbocycles. The minimum atomic E-state index is -0.0142. The molecule has 0 saturated carbocycles. The van der Waals surface area contributed by atoms with Gasteiger partial charge in [-0.2, -0.15) is 0 Å². The summed E-state index contributed by atoms with van der Waals surface area (Å²) in [5, 5.41) is 6.29. The summed E-state index contributed by atoms with van der Waals surface area (Å²) in [6.07, 6.45) is 2.27. The Labute approximate surface area is 85.4 Å². The lowest BCUT2D eigenvalue weighted by molar-refractivity contribution is -0.125. The molecule has 2 unspecified atom stereocenters. The molecule has 1 aliphatic heterocycles. The number of methoxy groups -OCH3 is 1. The summed E-state index contributed by atoms with van der Waals surface area (Å²) >= 11 is 0. The summed E-state index contributed by atoms with van der Waals surface area (Å²) in [5.74, 6) is 0.594. The molecule has 82 valence electrons. The Balaban J connectivity index is 2.36. The van der Waals surface area contributed by atoms with E-state index in [-0.39, 0.29) is 18.6 Å². The van der Waals surface area contributed by atoms with E-state index in [1.807, 2.05) is 0 Å². The third-order valence-electron chi connectivity index (χ3n) is 2.77. The van der Waals surface area contributed by atoms with Crippen LogP contribution in [0.15, 0.2) is 0 Å². The van der Waals surface area contributed by atoms with Crippen LogP contribution >= 0.6 is 0 Å². The minimum Gasteiger partial charge on any atom is -0.375 e. The van der Waals surface area contributed by atoms with E-state index in [2.05, 4.69) is 17.6 Å². The summed E-state index contributed by atoms with van der Waals surface area (Å²) in [4.78, 5) is 11.3. The van der Waals surface area contributed by atoms with Crippen molar-refractivity contribution in [1.29, 1.82) is 0 Å². The van der Waals surface area contributed by atoms with Crippen LogP contribution in [0.4, 0.5) is 0 Å². The van der Waals surface area contributed by atoms with Crippen LogP contribution in [0, 0.1) is 5.92 Å². The van der Waals surface area contributed by atoms with Gasteiger partial charge in [0.05, 0.1) is 0 Å². The summed E-state index contributed by atoms with van der Waals surface area (Å²) in [6.45, 7) is 4.28. The van der Waals surface area contributed by atoms with E-state index in [1.165, 1.54) is 7.11 Å². The van der Waals surface area contributed by atoms with Crippen molar-refractivity contribution in [2.24, 2.45) is 5.92 Å². The van der Waals surface area contributed by atoms with Gasteiger partial charge >= 0.3 is 0 Å². The standard InChI is InChI=1S/C10H20N2O2/c1-3-8-4-5-11-6-9(8)12-10(13)7-14-2/h8-9,11H,3-7H2,1-2H3,(H,12,13). The topological polar surface area (TPSA) is 50.4 Å². The second kappa shape index (κ2) is 5.98. The third-order valence-corrected chi connectivity index (χ3v) is 2.77. The Morgan fingerprint density at radius 3 is 3.07 bits per heavy atom. The summed E-state index contributed by atoms with van der Waals surface area (Å²) < 4.78 is 4.78. The first-order chi connectivity index (χ1) is 6.77. The fourth-order valence-electron chi connectivity index (χ4n) is 1.95. The van der Waals surface area contributed by atoms with E-state index in [0.717, 1.165) is 25.9 Å². The highest BCUT2D eigenvalue weighted by Gasteiger charge is 2.24. The van der Waals surface area contributed by atoms with Crippen LogP contribution < -0.4 is 10.6 Å². The lowest BCUT2D eigenvalue weighted by atomic mass is 9.90. The molecule has 4 nitrogen and oxygen atoms in total. The van der Waals surface area contributed by atoms with E-state index < -0.39 is 0 Å². The Kier molecular flexibility index (Phi) is 4.90. The van der Waals surface area contributed by atoms with Crippen LogP contribution in [-0.4, -0.2) is 38.8 Å². The molecule has 0 aromatic heterocycles. The average Bonchev–Trinajstić information content (AvgIpc) is 2.19. The van der Waals surface area contributed by atoms with Crippen LogP contribution in [0.25, 0.3) is 0 Å². The van der Waals surface area contributed by atoms with Gasteiger partial charge in [0.25, 0.3) is 0 Å². The van der Waals surface area contributed by atoms with Gasteiger partial charge in [-0.1, -0.05) is 13.3 Å². The molecule has 1 heterocycles. The highest BCUT2D eigenvalue weighted by molar-refractivity contribution is 5.77. The zero-order valence-corrected chi connectivity index (χ0v) is 9.01. The van der Waals surface area contributed by atoms with E-state index in [9.17, 15) is 4.79 Å². The van der Waals surface area contributed by atoms with E-state index in [0.29, 0.717) is 5.92 Å². The second-order valence-electron chi connectivity index (χ2n) is 3.77. The number of rotatable bonds is 4. The van der Waals surface area contributed by atoms with Gasteiger partial charge in [-0.25, -0.2) is 0 Å². The number of carbonyl (C=O) groups is 1. The van der Waals surface area contributed by atoms with Crippen molar-refractivity contribution < 1.29 is 9.53 Å². The zero-order valence-electron chi connectivity index (χ0n) is 9.01. The first-order valence-corrected chi connectivity index (χ1v) is 5.27. The maximum atomic E-state index is 11.3. The van der Waals surface area contributed by atoms with Gasteiger partial charge in [0, 0.05) is 19.7 Å². The number of hydrogen-bond donors (Lipinski definition) is 2. The van der Waals surface area contributed by atoms with Crippen molar-refractivity contribution in [2.75, 3.05) is 26.8 Å². The van der Waals surface area contributed by atoms with E-state index >= 15 is 0 Å². The van der Waals surface area contributed by atoms with Crippen molar-refractivity contribution in [3.63, 3.8) is 0 Å². The Bertz CT molecular complexity index is 185. The van der Waals surface area contributed by atoms with Gasteiger partial charge in [-0.3, -0.25) is 4.79 Å². The number of amides is 1. The van der Waals surface area contributed by atoms with Gasteiger partial charge in [0.1, 0.15) is 6.61 Å². The van der Waals surface area contributed by atoms with Crippen molar-refractivity contribution in [3.8, 4) is 0 Å². The lowest BCUT2D eigenvalue weighted by Gasteiger charge is -2.32. The van der Waals surface area contributed by atoms with Crippen molar-refractivity contribution >= 4 is 5.91 Å². The Hall–Kier alpha value is -0.610. The highest BCUT2D eigenvalue weighted by atomic mass is 16.5. The van der Waals surface area contributed by atoms with E-state index in [4.69, 9.17) is 4.74 Å². The van der Waals surface area contributed by atoms with Gasteiger partial charge in [-0.05, 0) is 18.9 Å².